The topological polar surface area (TPSA) is 58.7 Å². The largest absolute Gasteiger partial charge is 0.334 e. The van der Waals surface area contributed by atoms with E-state index in [1.54, 1.807) is 0 Å². The molecule has 1 saturated carbocycles. The molecule has 3 aliphatic rings. The Hall–Kier alpha value is -3.45. The molecule has 7 rings (SSSR count). The van der Waals surface area contributed by atoms with Crippen molar-refractivity contribution in [3.05, 3.63) is 78.4 Å². The molecule has 36 heavy (non-hydrogen) atoms. The van der Waals surface area contributed by atoms with Gasteiger partial charge in [0.2, 0.25) is 0 Å². The zero-order chi connectivity index (χ0) is 24.2. The van der Waals surface area contributed by atoms with Gasteiger partial charge >= 0.3 is 0 Å². The summed E-state index contributed by atoms with van der Waals surface area (Å²) in [5.74, 6) is 1.24. The number of fused-ring (bicyclic) bond motifs is 3. The molecule has 2 saturated heterocycles. The van der Waals surface area contributed by atoms with Crippen molar-refractivity contribution in [2.24, 2.45) is 13.0 Å². The Morgan fingerprint density at radius 3 is 2.47 bits per heavy atom. The summed E-state index contributed by atoms with van der Waals surface area (Å²) in [5, 5.41) is 9.27. The molecule has 0 N–H and O–H groups in total. The van der Waals surface area contributed by atoms with Gasteiger partial charge in [-0.15, -0.1) is 0 Å². The minimum atomic E-state index is 0.0831. The van der Waals surface area contributed by atoms with E-state index in [0.29, 0.717) is 29.6 Å². The van der Waals surface area contributed by atoms with Crippen LogP contribution in [0.15, 0.2) is 67.0 Å². The second kappa shape index (κ2) is 8.59. The predicted molar refractivity (Wildman–Crippen MR) is 139 cm³/mol. The first-order chi connectivity index (χ1) is 17.6. The normalized spacial score (nSPS) is 24.7. The van der Waals surface area contributed by atoms with E-state index in [2.05, 4.69) is 56.5 Å². The highest BCUT2D eigenvalue weighted by atomic mass is 16.2. The molecular formula is C29H32N6O. The SMILES string of the molecule is Cn1ccc(C2CCN(C3CC4CC3CN4C(=O)c3cc4cc(-c5ccccc5)ccn4n3)CC2)n1. The molecule has 184 valence electrons. The van der Waals surface area contributed by atoms with E-state index in [1.807, 2.05) is 46.7 Å². The average Bonchev–Trinajstić information content (AvgIpc) is 3.71. The molecule has 3 unspecified atom stereocenters. The number of carbonyl (C=O) groups is 1. The van der Waals surface area contributed by atoms with E-state index in [4.69, 9.17) is 0 Å². The van der Waals surface area contributed by atoms with Gasteiger partial charge in [-0.2, -0.15) is 10.2 Å². The van der Waals surface area contributed by atoms with Crippen LogP contribution in [-0.2, 0) is 7.05 Å². The molecule has 3 atom stereocenters. The molecule has 3 aromatic heterocycles. The van der Waals surface area contributed by atoms with Crippen molar-refractivity contribution in [1.82, 2.24) is 29.2 Å². The van der Waals surface area contributed by atoms with Gasteiger partial charge in [0.1, 0.15) is 0 Å². The third kappa shape index (κ3) is 3.73. The van der Waals surface area contributed by atoms with Crippen LogP contribution < -0.4 is 0 Å². The monoisotopic (exact) mass is 480 g/mol. The van der Waals surface area contributed by atoms with Crippen molar-refractivity contribution < 1.29 is 4.79 Å². The Bertz CT molecular complexity index is 1400. The molecule has 5 heterocycles. The molecule has 2 bridgehead atoms. The van der Waals surface area contributed by atoms with E-state index >= 15 is 0 Å². The number of aryl methyl sites for hydroxylation is 1. The number of pyridine rings is 1. The third-order valence-corrected chi connectivity index (χ3v) is 8.71. The number of rotatable bonds is 4. The van der Waals surface area contributed by atoms with Gasteiger partial charge in [0.25, 0.3) is 5.91 Å². The highest BCUT2D eigenvalue weighted by Crippen LogP contribution is 2.42. The van der Waals surface area contributed by atoms with Gasteiger partial charge in [0.15, 0.2) is 5.69 Å². The summed E-state index contributed by atoms with van der Waals surface area (Å²) in [6.07, 6.45) is 8.58. The van der Waals surface area contributed by atoms with Gasteiger partial charge in [-0.05, 0) is 80.1 Å². The van der Waals surface area contributed by atoms with E-state index in [1.165, 1.54) is 24.1 Å². The molecule has 4 aromatic rings. The van der Waals surface area contributed by atoms with Gasteiger partial charge < -0.3 is 4.90 Å². The Labute approximate surface area is 211 Å². The molecule has 0 radical (unpaired) electrons. The maximum absolute atomic E-state index is 13.5. The standard InChI is InChI=1S/C29H32N6O/c1-32-11-10-26(30-32)21-7-12-33(13-8-21)28-18-24-16-23(28)19-34(24)29(36)27-17-25-15-22(9-14-35(25)31-27)20-5-3-2-4-6-20/h2-6,9-11,14-15,17,21,23-24,28H,7-8,12-13,16,18-19H2,1H3. The van der Waals surface area contributed by atoms with E-state index < -0.39 is 0 Å². The van der Waals surface area contributed by atoms with Crippen LogP contribution >= 0.6 is 0 Å². The number of piperidine rings is 2. The van der Waals surface area contributed by atoms with Gasteiger partial charge in [-0.3, -0.25) is 14.4 Å². The van der Waals surface area contributed by atoms with E-state index in [9.17, 15) is 4.79 Å². The van der Waals surface area contributed by atoms with Crippen molar-refractivity contribution in [2.75, 3.05) is 19.6 Å². The number of nitrogens with zero attached hydrogens (tertiary/aromatic N) is 6. The van der Waals surface area contributed by atoms with Gasteiger partial charge in [-0.25, -0.2) is 4.52 Å². The lowest BCUT2D eigenvalue weighted by molar-refractivity contribution is 0.0547. The van der Waals surface area contributed by atoms with E-state index in [0.717, 1.165) is 43.6 Å². The smallest absolute Gasteiger partial charge is 0.274 e. The molecule has 2 aliphatic heterocycles. The first-order valence-corrected chi connectivity index (χ1v) is 13.2. The van der Waals surface area contributed by atoms with Gasteiger partial charge in [-0.1, -0.05) is 30.3 Å². The third-order valence-electron chi connectivity index (χ3n) is 8.71. The lowest BCUT2D eigenvalue weighted by Gasteiger charge is -2.41. The number of hydrogen-bond donors (Lipinski definition) is 0. The first kappa shape index (κ1) is 21.8. The maximum atomic E-state index is 13.5. The second-order valence-electron chi connectivity index (χ2n) is 10.8. The molecule has 7 nitrogen and oxygen atoms in total. The second-order valence-corrected chi connectivity index (χ2v) is 10.8. The van der Waals surface area contributed by atoms with Crippen LogP contribution in [0, 0.1) is 5.92 Å². The summed E-state index contributed by atoms with van der Waals surface area (Å²) in [4.78, 5) is 18.3. The Balaban J connectivity index is 1.01. The summed E-state index contributed by atoms with van der Waals surface area (Å²) in [6.45, 7) is 3.13. The number of amides is 1. The lowest BCUT2D eigenvalue weighted by atomic mass is 9.90. The van der Waals surface area contributed by atoms with Crippen molar-refractivity contribution in [1.29, 1.82) is 0 Å². The molecule has 1 amide bonds. The summed E-state index contributed by atoms with van der Waals surface area (Å²) in [6, 6.07) is 19.6. The average molecular weight is 481 g/mol. The van der Waals surface area contributed by atoms with Crippen molar-refractivity contribution in [2.45, 2.75) is 43.7 Å². The Morgan fingerprint density at radius 1 is 0.917 bits per heavy atom. The van der Waals surface area contributed by atoms with Gasteiger partial charge in [0.05, 0.1) is 11.2 Å². The number of benzene rings is 1. The van der Waals surface area contributed by atoms with Crippen LogP contribution in [0.5, 0.6) is 0 Å². The maximum Gasteiger partial charge on any atom is 0.274 e. The fourth-order valence-corrected chi connectivity index (χ4v) is 6.86. The van der Waals surface area contributed by atoms with Crippen molar-refractivity contribution in [3.63, 3.8) is 0 Å². The summed E-state index contributed by atoms with van der Waals surface area (Å²) in [7, 11) is 2.00. The fourth-order valence-electron chi connectivity index (χ4n) is 6.86. The predicted octanol–water partition coefficient (Wildman–Crippen LogP) is 4.22. The lowest BCUT2D eigenvalue weighted by Crippen LogP contribution is -2.50. The Kier molecular flexibility index (Phi) is 5.20. The minimum Gasteiger partial charge on any atom is -0.334 e. The molecule has 1 aromatic carbocycles. The van der Waals surface area contributed by atoms with Crippen LogP contribution in [0.2, 0.25) is 0 Å². The highest BCUT2D eigenvalue weighted by Gasteiger charge is 2.49. The summed E-state index contributed by atoms with van der Waals surface area (Å²) >= 11 is 0. The summed E-state index contributed by atoms with van der Waals surface area (Å²) in [5.41, 5.74) is 5.06. The molecular weight excluding hydrogens is 448 g/mol. The van der Waals surface area contributed by atoms with Crippen LogP contribution in [0.1, 0.15) is 47.8 Å². The van der Waals surface area contributed by atoms with E-state index in [-0.39, 0.29) is 5.91 Å². The van der Waals surface area contributed by atoms with Gasteiger partial charge in [0, 0.05) is 44.0 Å². The number of likely N-dealkylation sites (tertiary alicyclic amines) is 2. The quantitative estimate of drug-likeness (QED) is 0.439. The molecule has 1 aliphatic carbocycles. The van der Waals surface area contributed by atoms with Crippen LogP contribution in [0.3, 0.4) is 0 Å². The highest BCUT2D eigenvalue weighted by molar-refractivity contribution is 5.94. The first-order valence-electron chi connectivity index (χ1n) is 13.2. The Morgan fingerprint density at radius 2 is 1.75 bits per heavy atom. The molecule has 7 heteroatoms. The molecule has 0 spiro atoms. The van der Waals surface area contributed by atoms with Crippen molar-refractivity contribution in [3.8, 4) is 11.1 Å². The van der Waals surface area contributed by atoms with Crippen LogP contribution in [0.25, 0.3) is 16.6 Å². The summed E-state index contributed by atoms with van der Waals surface area (Å²) < 4.78 is 3.73. The van der Waals surface area contributed by atoms with Crippen molar-refractivity contribution >= 4 is 11.4 Å². The number of aromatic nitrogens is 4. The van der Waals surface area contributed by atoms with Crippen LogP contribution in [0.4, 0.5) is 0 Å². The zero-order valence-corrected chi connectivity index (χ0v) is 20.7. The minimum absolute atomic E-state index is 0.0831. The molecule has 3 fully saturated rings. The number of hydrogen-bond acceptors (Lipinski definition) is 4. The van der Waals surface area contributed by atoms with Crippen LogP contribution in [-0.4, -0.2) is 66.8 Å². The fraction of sp³-hybridized carbons (Fsp3) is 0.414. The zero-order valence-electron chi connectivity index (χ0n) is 20.7. The number of carbonyl (C=O) groups excluding carboxylic acids is 1.